The number of aliphatic hydroxyl groups excluding tert-OH is 1. The van der Waals surface area contributed by atoms with E-state index in [1.807, 2.05) is 6.07 Å². The Morgan fingerprint density at radius 1 is 1.16 bits per heavy atom. The van der Waals surface area contributed by atoms with Crippen LogP contribution in [0.25, 0.3) is 11.1 Å². The zero-order valence-electron chi connectivity index (χ0n) is 10.4. The van der Waals surface area contributed by atoms with Gasteiger partial charge < -0.3 is 20.1 Å². The van der Waals surface area contributed by atoms with Crippen molar-refractivity contribution in [2.75, 3.05) is 7.11 Å². The molecule has 4 heteroatoms. The summed E-state index contributed by atoms with van der Waals surface area (Å²) in [5.41, 5.74) is 2.75. The monoisotopic (exact) mass is 258 g/mol. The van der Waals surface area contributed by atoms with Crippen LogP contribution in [0.15, 0.2) is 30.3 Å². The molecule has 1 atom stereocenters. The van der Waals surface area contributed by atoms with Gasteiger partial charge in [-0.2, -0.15) is 0 Å². The molecule has 0 heterocycles. The number of ether oxygens (including phenoxy) is 1. The van der Waals surface area contributed by atoms with Gasteiger partial charge in [0, 0.05) is 23.6 Å². The van der Waals surface area contributed by atoms with E-state index in [-0.39, 0.29) is 11.5 Å². The molecule has 0 radical (unpaired) electrons. The molecule has 2 aromatic rings. The molecule has 1 aliphatic carbocycles. The van der Waals surface area contributed by atoms with Gasteiger partial charge in [0.2, 0.25) is 0 Å². The molecule has 0 spiro atoms. The zero-order chi connectivity index (χ0) is 13.6. The van der Waals surface area contributed by atoms with E-state index in [9.17, 15) is 15.3 Å². The molecule has 4 nitrogen and oxygen atoms in total. The largest absolute Gasteiger partial charge is 0.508 e. The number of hydrogen-bond donors (Lipinski definition) is 3. The van der Waals surface area contributed by atoms with Gasteiger partial charge in [-0.15, -0.1) is 0 Å². The van der Waals surface area contributed by atoms with E-state index in [2.05, 4.69) is 0 Å². The molecule has 2 aromatic carbocycles. The Morgan fingerprint density at radius 3 is 2.68 bits per heavy atom. The van der Waals surface area contributed by atoms with Crippen LogP contribution in [0.3, 0.4) is 0 Å². The fourth-order valence-electron chi connectivity index (χ4n) is 2.68. The second-order valence-corrected chi connectivity index (χ2v) is 4.64. The van der Waals surface area contributed by atoms with Crippen LogP contribution in [0.1, 0.15) is 17.2 Å². The number of aromatic hydroxyl groups is 2. The summed E-state index contributed by atoms with van der Waals surface area (Å²) in [6, 6.07) is 8.21. The van der Waals surface area contributed by atoms with Gasteiger partial charge in [-0.25, -0.2) is 0 Å². The molecule has 0 unspecified atom stereocenters. The number of hydrogen-bond acceptors (Lipinski definition) is 4. The summed E-state index contributed by atoms with van der Waals surface area (Å²) in [5.74, 6) is 0.625. The number of phenols is 2. The van der Waals surface area contributed by atoms with Crippen molar-refractivity contribution in [1.82, 2.24) is 0 Å². The predicted octanol–water partition coefficient (Wildman–Crippen LogP) is 2.36. The minimum Gasteiger partial charge on any atom is -0.508 e. The summed E-state index contributed by atoms with van der Waals surface area (Å²) < 4.78 is 5.27. The Balaban J connectivity index is 2.38. The van der Waals surface area contributed by atoms with Crippen molar-refractivity contribution < 1.29 is 20.1 Å². The quantitative estimate of drug-likeness (QED) is 0.734. The average molecular weight is 258 g/mol. The normalized spacial score (nSPS) is 16.6. The van der Waals surface area contributed by atoms with E-state index in [1.54, 1.807) is 12.1 Å². The first-order chi connectivity index (χ1) is 9.11. The van der Waals surface area contributed by atoms with Crippen molar-refractivity contribution in [2.45, 2.75) is 12.5 Å². The number of methoxy groups -OCH3 is 1. The standard InChI is InChI=1S/C15H14O4/c1-19-13-7-9(16)6-10-12(18)5-8-3-2-4-11(17)14(8)15(10)13/h2-4,6-7,12,16-18H,5H2,1H3/t12-/m0/s1. The topological polar surface area (TPSA) is 69.9 Å². The lowest BCUT2D eigenvalue weighted by Gasteiger charge is -2.26. The zero-order valence-corrected chi connectivity index (χ0v) is 10.4. The molecule has 3 N–H and O–H groups in total. The Morgan fingerprint density at radius 2 is 1.95 bits per heavy atom. The molecule has 3 rings (SSSR count). The molecule has 19 heavy (non-hydrogen) atoms. The van der Waals surface area contributed by atoms with E-state index >= 15 is 0 Å². The molecule has 0 bridgehead atoms. The second kappa shape index (κ2) is 4.17. The van der Waals surface area contributed by atoms with Gasteiger partial charge in [-0.05, 0) is 23.3 Å². The predicted molar refractivity (Wildman–Crippen MR) is 70.4 cm³/mol. The van der Waals surface area contributed by atoms with Crippen LogP contribution in [-0.2, 0) is 6.42 Å². The van der Waals surface area contributed by atoms with Gasteiger partial charge in [-0.3, -0.25) is 0 Å². The summed E-state index contributed by atoms with van der Waals surface area (Å²) >= 11 is 0. The lowest BCUT2D eigenvalue weighted by molar-refractivity contribution is 0.176. The molecule has 0 amide bonds. The van der Waals surface area contributed by atoms with E-state index < -0.39 is 6.10 Å². The van der Waals surface area contributed by atoms with E-state index in [0.29, 0.717) is 28.9 Å². The summed E-state index contributed by atoms with van der Waals surface area (Å²) in [6.07, 6.45) is -0.311. The first kappa shape index (κ1) is 11.9. The van der Waals surface area contributed by atoms with Crippen LogP contribution in [0.5, 0.6) is 17.2 Å². The summed E-state index contributed by atoms with van der Waals surface area (Å²) in [4.78, 5) is 0. The molecule has 98 valence electrons. The molecule has 0 aliphatic heterocycles. The fraction of sp³-hybridized carbons (Fsp3) is 0.200. The van der Waals surface area contributed by atoms with E-state index in [0.717, 1.165) is 5.56 Å². The first-order valence-corrected chi connectivity index (χ1v) is 6.02. The summed E-state index contributed by atoms with van der Waals surface area (Å²) in [6.45, 7) is 0. The van der Waals surface area contributed by atoms with Gasteiger partial charge in [0.15, 0.2) is 0 Å². The molecule has 0 fully saturated rings. The van der Waals surface area contributed by atoms with Crippen molar-refractivity contribution in [3.8, 4) is 28.4 Å². The number of fused-ring (bicyclic) bond motifs is 3. The number of benzene rings is 2. The third-order valence-electron chi connectivity index (χ3n) is 3.49. The SMILES string of the molecule is COc1cc(O)cc2c1-c1c(O)cccc1C[C@@H]2O. The van der Waals surface area contributed by atoms with Crippen LogP contribution in [0.2, 0.25) is 0 Å². The maximum atomic E-state index is 10.2. The van der Waals surface area contributed by atoms with Crippen molar-refractivity contribution in [3.05, 3.63) is 41.5 Å². The number of aliphatic hydroxyl groups is 1. The Kier molecular flexibility index (Phi) is 2.61. The van der Waals surface area contributed by atoms with Gasteiger partial charge >= 0.3 is 0 Å². The third-order valence-corrected chi connectivity index (χ3v) is 3.49. The van der Waals surface area contributed by atoms with Gasteiger partial charge in [0.1, 0.15) is 17.2 Å². The maximum absolute atomic E-state index is 10.2. The summed E-state index contributed by atoms with van der Waals surface area (Å²) in [5, 5.41) is 30.0. The third kappa shape index (κ3) is 1.72. The number of phenolic OH excluding ortho intramolecular Hbond substituents is 2. The lowest BCUT2D eigenvalue weighted by atomic mass is 9.82. The molecule has 0 aromatic heterocycles. The second-order valence-electron chi connectivity index (χ2n) is 4.64. The fourth-order valence-corrected chi connectivity index (χ4v) is 2.68. The average Bonchev–Trinajstić information content (AvgIpc) is 2.38. The molecule has 0 saturated carbocycles. The smallest absolute Gasteiger partial charge is 0.130 e. The highest BCUT2D eigenvalue weighted by atomic mass is 16.5. The van der Waals surface area contributed by atoms with Crippen molar-refractivity contribution in [1.29, 1.82) is 0 Å². The maximum Gasteiger partial charge on any atom is 0.130 e. The highest BCUT2D eigenvalue weighted by Crippen LogP contribution is 2.48. The molecule has 1 aliphatic rings. The van der Waals surface area contributed by atoms with Crippen molar-refractivity contribution >= 4 is 0 Å². The highest BCUT2D eigenvalue weighted by molar-refractivity contribution is 5.84. The van der Waals surface area contributed by atoms with Gasteiger partial charge in [-0.1, -0.05) is 12.1 Å². The minimum absolute atomic E-state index is 0.0357. The van der Waals surface area contributed by atoms with Crippen LogP contribution in [0.4, 0.5) is 0 Å². The first-order valence-electron chi connectivity index (χ1n) is 6.02. The summed E-state index contributed by atoms with van der Waals surface area (Å²) in [7, 11) is 1.50. The van der Waals surface area contributed by atoms with Crippen LogP contribution >= 0.6 is 0 Å². The van der Waals surface area contributed by atoms with Crippen molar-refractivity contribution in [3.63, 3.8) is 0 Å². The Hall–Kier alpha value is -2.20. The lowest BCUT2D eigenvalue weighted by Crippen LogP contribution is -2.11. The minimum atomic E-state index is -0.717. The Bertz CT molecular complexity index is 649. The molecular formula is C15H14O4. The van der Waals surface area contributed by atoms with E-state index in [1.165, 1.54) is 19.2 Å². The van der Waals surface area contributed by atoms with Crippen LogP contribution in [-0.4, -0.2) is 22.4 Å². The van der Waals surface area contributed by atoms with E-state index in [4.69, 9.17) is 4.74 Å². The van der Waals surface area contributed by atoms with Crippen LogP contribution < -0.4 is 4.74 Å². The molecular weight excluding hydrogens is 244 g/mol. The van der Waals surface area contributed by atoms with Crippen LogP contribution in [0, 0.1) is 0 Å². The highest BCUT2D eigenvalue weighted by Gasteiger charge is 2.28. The number of rotatable bonds is 1. The Labute approximate surface area is 110 Å². The van der Waals surface area contributed by atoms with Gasteiger partial charge in [0.05, 0.1) is 13.2 Å². The van der Waals surface area contributed by atoms with Gasteiger partial charge in [0.25, 0.3) is 0 Å². The molecule has 0 saturated heterocycles. The van der Waals surface area contributed by atoms with Crippen molar-refractivity contribution in [2.24, 2.45) is 0 Å².